The molecule has 0 fully saturated rings. The minimum Gasteiger partial charge on any atom is -0.494 e. The second-order valence-electron chi connectivity index (χ2n) is 8.42. The van der Waals surface area contributed by atoms with Crippen LogP contribution in [0.5, 0.6) is 5.75 Å². The van der Waals surface area contributed by atoms with Crippen molar-refractivity contribution in [1.29, 1.82) is 0 Å². The number of nitrogens with one attached hydrogen (secondary N) is 1. The molecule has 4 heteroatoms. The molecule has 152 valence electrons. The van der Waals surface area contributed by atoms with Crippen LogP contribution in [0.25, 0.3) is 0 Å². The van der Waals surface area contributed by atoms with E-state index in [0.717, 1.165) is 5.75 Å². The predicted octanol–water partition coefficient (Wildman–Crippen LogP) is 4.56. The summed E-state index contributed by atoms with van der Waals surface area (Å²) in [5.41, 5.74) is 2.63. The molecule has 1 atom stereocenters. The summed E-state index contributed by atoms with van der Waals surface area (Å²) in [6.07, 6.45) is 1.17. The van der Waals surface area contributed by atoms with E-state index < -0.39 is 0 Å². The van der Waals surface area contributed by atoms with Gasteiger partial charge in [-0.3, -0.25) is 4.79 Å². The molecular formula is C24H34N2O2. The third-order valence-electron chi connectivity index (χ3n) is 4.84. The number of likely N-dealkylation sites (N-methyl/N-ethyl adjacent to an activating group) is 1. The number of hydrogen-bond acceptors (Lipinski definition) is 3. The molecule has 2 aromatic carbocycles. The summed E-state index contributed by atoms with van der Waals surface area (Å²) in [5, 5.41) is 3.05. The number of hydrogen-bond donors (Lipinski definition) is 1. The van der Waals surface area contributed by atoms with Crippen LogP contribution < -0.4 is 10.1 Å². The molecule has 1 amide bonds. The van der Waals surface area contributed by atoms with Gasteiger partial charge in [0.25, 0.3) is 0 Å². The minimum atomic E-state index is 0.0643. The van der Waals surface area contributed by atoms with Crippen molar-refractivity contribution in [2.75, 3.05) is 27.2 Å². The maximum atomic E-state index is 12.2. The van der Waals surface area contributed by atoms with Gasteiger partial charge in [-0.05, 0) is 49.2 Å². The predicted molar refractivity (Wildman–Crippen MR) is 116 cm³/mol. The molecule has 28 heavy (non-hydrogen) atoms. The Morgan fingerprint density at radius 2 is 1.68 bits per heavy atom. The van der Waals surface area contributed by atoms with E-state index in [9.17, 15) is 4.79 Å². The highest BCUT2D eigenvalue weighted by Crippen LogP contribution is 2.24. The van der Waals surface area contributed by atoms with E-state index >= 15 is 0 Å². The van der Waals surface area contributed by atoms with Crippen molar-refractivity contribution < 1.29 is 9.53 Å². The molecule has 0 bridgehead atoms. The summed E-state index contributed by atoms with van der Waals surface area (Å²) >= 11 is 0. The third kappa shape index (κ3) is 7.01. The van der Waals surface area contributed by atoms with E-state index in [2.05, 4.69) is 55.3 Å². The molecule has 0 spiro atoms. The maximum Gasteiger partial charge on any atom is 0.220 e. The lowest BCUT2D eigenvalue weighted by molar-refractivity contribution is -0.121. The lowest BCUT2D eigenvalue weighted by atomic mass is 9.87. The Morgan fingerprint density at radius 3 is 2.25 bits per heavy atom. The van der Waals surface area contributed by atoms with E-state index in [1.165, 1.54) is 11.1 Å². The number of benzene rings is 2. The summed E-state index contributed by atoms with van der Waals surface area (Å²) in [6.45, 7) is 7.73. The Morgan fingerprint density at radius 1 is 1.04 bits per heavy atom. The van der Waals surface area contributed by atoms with Gasteiger partial charge in [-0.15, -0.1) is 0 Å². The number of nitrogens with zero attached hydrogens (tertiary/aromatic N) is 1. The van der Waals surface area contributed by atoms with Gasteiger partial charge in [0.05, 0.1) is 12.6 Å². The lowest BCUT2D eigenvalue weighted by Crippen LogP contribution is -2.34. The fourth-order valence-electron chi connectivity index (χ4n) is 3.05. The Hall–Kier alpha value is -2.33. The van der Waals surface area contributed by atoms with Gasteiger partial charge in [0.2, 0.25) is 5.91 Å². The minimum absolute atomic E-state index is 0.0643. The van der Waals surface area contributed by atoms with Gasteiger partial charge < -0.3 is 15.0 Å². The summed E-state index contributed by atoms with van der Waals surface area (Å²) in [5.74, 6) is 0.916. The molecule has 0 aliphatic rings. The first-order valence-corrected chi connectivity index (χ1v) is 9.99. The van der Waals surface area contributed by atoms with Gasteiger partial charge in [0.1, 0.15) is 5.75 Å². The van der Waals surface area contributed by atoms with Crippen molar-refractivity contribution in [2.45, 2.75) is 45.1 Å². The van der Waals surface area contributed by atoms with Crippen LogP contribution in [-0.2, 0) is 10.2 Å². The molecule has 1 N–H and O–H groups in total. The average molecular weight is 383 g/mol. The van der Waals surface area contributed by atoms with Crippen LogP contribution in [0.3, 0.4) is 0 Å². The smallest absolute Gasteiger partial charge is 0.220 e. The number of carbonyl (C=O) groups is 1. The van der Waals surface area contributed by atoms with E-state index in [1.807, 2.05) is 44.4 Å². The van der Waals surface area contributed by atoms with Crippen molar-refractivity contribution in [3.63, 3.8) is 0 Å². The highest BCUT2D eigenvalue weighted by Gasteiger charge is 2.15. The molecule has 2 aromatic rings. The number of amides is 1. The van der Waals surface area contributed by atoms with Gasteiger partial charge in [0, 0.05) is 13.0 Å². The van der Waals surface area contributed by atoms with Gasteiger partial charge >= 0.3 is 0 Å². The molecule has 0 saturated heterocycles. The number of ether oxygens (including phenoxy) is 1. The second-order valence-corrected chi connectivity index (χ2v) is 8.42. The van der Waals surface area contributed by atoms with E-state index in [1.54, 1.807) is 0 Å². The van der Waals surface area contributed by atoms with E-state index in [0.29, 0.717) is 26.0 Å². The second kappa shape index (κ2) is 10.3. The largest absolute Gasteiger partial charge is 0.494 e. The third-order valence-corrected chi connectivity index (χ3v) is 4.84. The normalized spacial score (nSPS) is 12.6. The average Bonchev–Trinajstić information content (AvgIpc) is 2.65. The Labute approximate surface area is 169 Å². The van der Waals surface area contributed by atoms with Crippen LogP contribution in [0.15, 0.2) is 54.6 Å². The molecule has 0 unspecified atom stereocenters. The molecule has 0 heterocycles. The standard InChI is InChI=1S/C24H34N2O2/c1-24(2,3)20-13-15-21(16-14-20)28-17-9-12-23(27)25-18-22(26(4)5)19-10-7-6-8-11-19/h6-8,10-11,13-16,22H,9,12,17-18H2,1-5H3,(H,25,27)/t22-/m0/s1. The summed E-state index contributed by atoms with van der Waals surface area (Å²) in [7, 11) is 4.06. The van der Waals surface area contributed by atoms with Crippen LogP contribution >= 0.6 is 0 Å². The molecule has 0 saturated carbocycles. The number of carbonyl (C=O) groups excluding carboxylic acids is 1. The molecule has 0 radical (unpaired) electrons. The molecule has 0 aliphatic carbocycles. The Kier molecular flexibility index (Phi) is 8.06. The zero-order valence-corrected chi connectivity index (χ0v) is 17.9. The van der Waals surface area contributed by atoms with Crippen molar-refractivity contribution >= 4 is 5.91 Å². The summed E-state index contributed by atoms with van der Waals surface area (Å²) in [6, 6.07) is 18.6. The summed E-state index contributed by atoms with van der Waals surface area (Å²) < 4.78 is 5.77. The molecular weight excluding hydrogens is 348 g/mol. The van der Waals surface area contributed by atoms with Gasteiger partial charge in [0.15, 0.2) is 0 Å². The van der Waals surface area contributed by atoms with E-state index in [4.69, 9.17) is 4.74 Å². The monoisotopic (exact) mass is 382 g/mol. The van der Waals surface area contributed by atoms with Crippen molar-refractivity contribution in [1.82, 2.24) is 10.2 Å². The molecule has 4 nitrogen and oxygen atoms in total. The summed E-state index contributed by atoms with van der Waals surface area (Å²) in [4.78, 5) is 14.3. The SMILES string of the molecule is CN(C)[C@@H](CNC(=O)CCCOc1ccc(C(C)(C)C)cc1)c1ccccc1. The highest BCUT2D eigenvalue weighted by molar-refractivity contribution is 5.75. The first-order chi connectivity index (χ1) is 13.3. The first-order valence-electron chi connectivity index (χ1n) is 9.99. The molecule has 0 aliphatic heterocycles. The van der Waals surface area contributed by atoms with E-state index in [-0.39, 0.29) is 17.4 Å². The van der Waals surface area contributed by atoms with Crippen molar-refractivity contribution in [3.05, 3.63) is 65.7 Å². The van der Waals surface area contributed by atoms with Crippen molar-refractivity contribution in [3.8, 4) is 5.75 Å². The fraction of sp³-hybridized carbons (Fsp3) is 0.458. The fourth-order valence-corrected chi connectivity index (χ4v) is 3.05. The van der Waals surface area contributed by atoms with Gasteiger partial charge in [-0.25, -0.2) is 0 Å². The van der Waals surface area contributed by atoms with Crippen LogP contribution in [0, 0.1) is 0 Å². The topological polar surface area (TPSA) is 41.6 Å². The van der Waals surface area contributed by atoms with Gasteiger partial charge in [-0.1, -0.05) is 63.2 Å². The van der Waals surface area contributed by atoms with Crippen LogP contribution in [0.1, 0.15) is 50.8 Å². The quantitative estimate of drug-likeness (QED) is 0.646. The molecule has 2 rings (SSSR count). The zero-order chi connectivity index (χ0) is 20.6. The Balaban J connectivity index is 1.71. The molecule has 0 aromatic heterocycles. The zero-order valence-electron chi connectivity index (χ0n) is 17.9. The van der Waals surface area contributed by atoms with Crippen LogP contribution in [-0.4, -0.2) is 38.1 Å². The van der Waals surface area contributed by atoms with Crippen LogP contribution in [0.4, 0.5) is 0 Å². The number of rotatable bonds is 9. The lowest BCUT2D eigenvalue weighted by Gasteiger charge is -2.25. The highest BCUT2D eigenvalue weighted by atomic mass is 16.5. The maximum absolute atomic E-state index is 12.2. The van der Waals surface area contributed by atoms with Crippen LogP contribution in [0.2, 0.25) is 0 Å². The first kappa shape index (κ1) is 22.0. The van der Waals surface area contributed by atoms with Gasteiger partial charge in [-0.2, -0.15) is 0 Å². The van der Waals surface area contributed by atoms with Crippen molar-refractivity contribution in [2.24, 2.45) is 0 Å². The Bertz CT molecular complexity index is 719.